The molecule has 1 amide bonds. The van der Waals surface area contributed by atoms with Crippen molar-refractivity contribution in [1.82, 2.24) is 15.4 Å². The number of carboxylic acid groups (broad SMARTS) is 1. The van der Waals surface area contributed by atoms with Crippen LogP contribution in [0.3, 0.4) is 0 Å². The molecule has 0 saturated carbocycles. The Bertz CT molecular complexity index is 929. The van der Waals surface area contributed by atoms with E-state index in [-0.39, 0.29) is 18.4 Å². The van der Waals surface area contributed by atoms with Crippen molar-refractivity contribution < 1.29 is 41.9 Å². The highest BCUT2D eigenvalue weighted by Gasteiger charge is 2.38. The zero-order valence-corrected chi connectivity index (χ0v) is 19.7. The number of alkyl halides is 3. The minimum absolute atomic E-state index is 0.210. The number of ether oxygens (including phenoxy) is 2. The molecular weight excluding hydrogens is 459 g/mol. The lowest BCUT2D eigenvalue weighted by atomic mass is 10.1. The van der Waals surface area contributed by atoms with E-state index in [0.29, 0.717) is 29.4 Å². The molecule has 0 atom stereocenters. The lowest BCUT2D eigenvalue weighted by Gasteiger charge is -2.13. The van der Waals surface area contributed by atoms with Gasteiger partial charge in [0.05, 0.1) is 26.0 Å². The fourth-order valence-corrected chi connectivity index (χ4v) is 2.45. The molecule has 2 aromatic rings. The predicted octanol–water partition coefficient (Wildman–Crippen LogP) is 3.70. The summed E-state index contributed by atoms with van der Waals surface area (Å²) in [5, 5.41) is 14.0. The predicted molar refractivity (Wildman–Crippen MR) is 117 cm³/mol. The summed E-state index contributed by atoms with van der Waals surface area (Å²) in [6.45, 7) is 5.84. The van der Waals surface area contributed by atoms with E-state index in [1.165, 1.54) is 0 Å². The summed E-state index contributed by atoms with van der Waals surface area (Å²) < 4.78 is 48.1. The van der Waals surface area contributed by atoms with Gasteiger partial charge in [0.2, 0.25) is 0 Å². The quantitative estimate of drug-likeness (QED) is 0.486. The third-order valence-corrected chi connectivity index (χ3v) is 4.27. The first-order valence-electron chi connectivity index (χ1n) is 10.3. The summed E-state index contributed by atoms with van der Waals surface area (Å²) in [5.74, 6) is -0.891. The lowest BCUT2D eigenvalue weighted by Crippen LogP contribution is -2.22. The van der Waals surface area contributed by atoms with Crippen molar-refractivity contribution in [2.24, 2.45) is 0 Å². The zero-order chi connectivity index (χ0) is 25.9. The second-order valence-electron chi connectivity index (χ2n) is 7.73. The number of aromatic nitrogens is 1. The Morgan fingerprint density at radius 1 is 1.21 bits per heavy atom. The van der Waals surface area contributed by atoms with E-state index in [1.54, 1.807) is 25.3 Å². The van der Waals surface area contributed by atoms with Gasteiger partial charge in [0, 0.05) is 18.2 Å². The first-order chi connectivity index (χ1) is 15.8. The fraction of sp³-hybridized carbons (Fsp3) is 0.500. The van der Waals surface area contributed by atoms with Gasteiger partial charge < -0.3 is 29.3 Å². The van der Waals surface area contributed by atoms with Gasteiger partial charge in [0.15, 0.2) is 17.3 Å². The van der Waals surface area contributed by atoms with Crippen LogP contribution in [0.2, 0.25) is 0 Å². The second kappa shape index (κ2) is 13.4. The van der Waals surface area contributed by atoms with Crippen molar-refractivity contribution in [2.75, 3.05) is 34.4 Å². The molecule has 1 aromatic heterocycles. The van der Waals surface area contributed by atoms with Crippen LogP contribution in [0, 0.1) is 0 Å². The number of amides is 1. The monoisotopic (exact) mass is 489 g/mol. The first-order valence-corrected chi connectivity index (χ1v) is 10.3. The Balaban J connectivity index is 0.000000718. The molecule has 1 heterocycles. The standard InChI is InChI=1S/C20H29N3O4.C2HF3O2/c1-14(2)17-12-16(27-22-17)13-21-20(24)15-7-8-18(25-5)19(11-15)26-10-6-9-23(3)4;3-2(4,5)1(6)7/h7-8,11-12,14H,6,9-10,13H2,1-5H3,(H,21,24);(H,6,7). The molecule has 0 radical (unpaired) electrons. The smallest absolute Gasteiger partial charge is 0.490 e. The molecule has 0 aliphatic rings. The van der Waals surface area contributed by atoms with Crippen LogP contribution in [0.5, 0.6) is 11.5 Å². The molecule has 190 valence electrons. The minimum atomic E-state index is -5.08. The zero-order valence-electron chi connectivity index (χ0n) is 19.7. The molecule has 9 nitrogen and oxygen atoms in total. The number of hydrogen-bond donors (Lipinski definition) is 2. The van der Waals surface area contributed by atoms with Gasteiger partial charge in [-0.1, -0.05) is 19.0 Å². The Morgan fingerprint density at radius 2 is 1.85 bits per heavy atom. The lowest BCUT2D eigenvalue weighted by molar-refractivity contribution is -0.192. The van der Waals surface area contributed by atoms with E-state index in [2.05, 4.69) is 15.4 Å². The second-order valence-corrected chi connectivity index (χ2v) is 7.73. The minimum Gasteiger partial charge on any atom is -0.493 e. The average Bonchev–Trinajstić information content (AvgIpc) is 3.24. The normalized spacial score (nSPS) is 11.1. The number of carboxylic acids is 1. The molecule has 0 unspecified atom stereocenters. The number of benzene rings is 1. The summed E-state index contributed by atoms with van der Waals surface area (Å²) in [6.07, 6.45) is -4.20. The van der Waals surface area contributed by atoms with Gasteiger partial charge in [-0.05, 0) is 44.6 Å². The van der Waals surface area contributed by atoms with Gasteiger partial charge in [-0.3, -0.25) is 4.79 Å². The molecule has 0 fully saturated rings. The van der Waals surface area contributed by atoms with Crippen molar-refractivity contribution in [3.05, 3.63) is 41.3 Å². The van der Waals surface area contributed by atoms with E-state index in [4.69, 9.17) is 23.9 Å². The molecule has 0 bridgehead atoms. The number of carbonyl (C=O) groups is 2. The van der Waals surface area contributed by atoms with Gasteiger partial charge >= 0.3 is 12.1 Å². The maximum absolute atomic E-state index is 12.5. The summed E-state index contributed by atoms with van der Waals surface area (Å²) in [4.78, 5) is 23.4. The molecule has 0 aliphatic heterocycles. The fourth-order valence-electron chi connectivity index (χ4n) is 2.45. The third-order valence-electron chi connectivity index (χ3n) is 4.27. The Morgan fingerprint density at radius 3 is 2.35 bits per heavy atom. The van der Waals surface area contributed by atoms with Crippen molar-refractivity contribution in [3.63, 3.8) is 0 Å². The number of methoxy groups -OCH3 is 1. The topological polar surface area (TPSA) is 114 Å². The van der Waals surface area contributed by atoms with E-state index in [0.717, 1.165) is 18.7 Å². The first kappa shape index (κ1) is 28.8. The van der Waals surface area contributed by atoms with Crippen LogP contribution < -0.4 is 14.8 Å². The molecular formula is C22H30F3N3O6. The number of aliphatic carboxylic acids is 1. The molecule has 0 spiro atoms. The third kappa shape index (κ3) is 10.1. The average molecular weight is 489 g/mol. The van der Waals surface area contributed by atoms with Crippen LogP contribution in [0.1, 0.15) is 48.0 Å². The Labute approximate surface area is 195 Å². The molecule has 12 heteroatoms. The number of carbonyl (C=O) groups excluding carboxylic acids is 1. The van der Waals surface area contributed by atoms with Gasteiger partial charge in [0.1, 0.15) is 0 Å². The SMILES string of the molecule is COc1ccc(C(=O)NCc2cc(C(C)C)no2)cc1OCCCN(C)C.O=C(O)C(F)(F)F. The number of nitrogens with one attached hydrogen (secondary N) is 1. The highest BCUT2D eigenvalue weighted by Crippen LogP contribution is 2.28. The highest BCUT2D eigenvalue weighted by atomic mass is 19.4. The Hall–Kier alpha value is -3.28. The van der Waals surface area contributed by atoms with Crippen molar-refractivity contribution >= 4 is 11.9 Å². The van der Waals surface area contributed by atoms with Crippen LogP contribution in [-0.2, 0) is 11.3 Å². The van der Waals surface area contributed by atoms with Crippen LogP contribution >= 0.6 is 0 Å². The molecule has 1 aromatic carbocycles. The van der Waals surface area contributed by atoms with Crippen molar-refractivity contribution in [3.8, 4) is 11.5 Å². The van der Waals surface area contributed by atoms with E-state index in [1.807, 2.05) is 34.0 Å². The van der Waals surface area contributed by atoms with Crippen LogP contribution in [0.4, 0.5) is 13.2 Å². The van der Waals surface area contributed by atoms with Gasteiger partial charge in [-0.15, -0.1) is 0 Å². The molecule has 0 saturated heterocycles. The van der Waals surface area contributed by atoms with Crippen LogP contribution in [0.25, 0.3) is 0 Å². The maximum Gasteiger partial charge on any atom is 0.490 e. The Kier molecular flexibility index (Phi) is 11.4. The van der Waals surface area contributed by atoms with Gasteiger partial charge in [-0.2, -0.15) is 13.2 Å². The van der Waals surface area contributed by atoms with Gasteiger partial charge in [-0.25, -0.2) is 4.79 Å². The summed E-state index contributed by atoms with van der Waals surface area (Å²) >= 11 is 0. The van der Waals surface area contributed by atoms with E-state index >= 15 is 0 Å². The van der Waals surface area contributed by atoms with Gasteiger partial charge in [0.25, 0.3) is 5.91 Å². The van der Waals surface area contributed by atoms with E-state index in [9.17, 15) is 18.0 Å². The number of nitrogens with zero attached hydrogens (tertiary/aromatic N) is 2. The number of rotatable bonds is 10. The van der Waals surface area contributed by atoms with Crippen molar-refractivity contribution in [1.29, 1.82) is 0 Å². The largest absolute Gasteiger partial charge is 0.493 e. The molecule has 0 aliphatic carbocycles. The highest BCUT2D eigenvalue weighted by molar-refractivity contribution is 5.94. The maximum atomic E-state index is 12.5. The summed E-state index contributed by atoms with van der Waals surface area (Å²) in [6, 6.07) is 7.00. The van der Waals surface area contributed by atoms with E-state index < -0.39 is 12.1 Å². The number of halogens is 3. The summed E-state index contributed by atoms with van der Waals surface area (Å²) in [7, 11) is 5.62. The van der Waals surface area contributed by atoms with Crippen molar-refractivity contribution in [2.45, 2.75) is 38.9 Å². The summed E-state index contributed by atoms with van der Waals surface area (Å²) in [5.41, 5.74) is 1.37. The molecule has 2 rings (SSSR count). The van der Waals surface area contributed by atoms with Crippen LogP contribution in [0.15, 0.2) is 28.8 Å². The molecule has 2 N–H and O–H groups in total. The molecule has 34 heavy (non-hydrogen) atoms. The number of hydrogen-bond acceptors (Lipinski definition) is 7. The van der Waals surface area contributed by atoms with Crippen LogP contribution in [-0.4, -0.2) is 67.6 Å².